The van der Waals surface area contributed by atoms with E-state index in [-0.39, 0.29) is 5.82 Å². The van der Waals surface area contributed by atoms with E-state index in [4.69, 9.17) is 4.74 Å². The summed E-state index contributed by atoms with van der Waals surface area (Å²) >= 11 is 0. The Balaban J connectivity index is 2.81. The number of halogens is 1. The van der Waals surface area contributed by atoms with E-state index in [0.717, 1.165) is 0 Å². The molecule has 1 aromatic rings. The third kappa shape index (κ3) is 2.83. The van der Waals surface area contributed by atoms with Gasteiger partial charge >= 0.3 is 5.91 Å². The van der Waals surface area contributed by atoms with Gasteiger partial charge in [0.05, 0.1) is 0 Å². The highest BCUT2D eigenvalue weighted by molar-refractivity contribution is 5.81. The molecule has 4 nitrogen and oxygen atoms in total. The molecular formula is C10H10FNO3. The molecule has 0 aliphatic rings. The maximum absolute atomic E-state index is 12.7. The summed E-state index contributed by atoms with van der Waals surface area (Å²) in [6.45, 7) is 3.05. The number of aryl methyl sites for hydroxylation is 1. The van der Waals surface area contributed by atoms with Crippen LogP contribution in [0.4, 0.5) is 4.39 Å². The van der Waals surface area contributed by atoms with Gasteiger partial charge in [-0.2, -0.15) is 0 Å². The Morgan fingerprint density at radius 1 is 1.53 bits per heavy atom. The quantitative estimate of drug-likeness (QED) is 0.720. The lowest BCUT2D eigenvalue weighted by Crippen LogP contribution is -2.21. The van der Waals surface area contributed by atoms with Crippen LogP contribution in [-0.2, 0) is 4.79 Å². The van der Waals surface area contributed by atoms with Crippen LogP contribution in [0.2, 0.25) is 0 Å². The van der Waals surface area contributed by atoms with Gasteiger partial charge in [-0.3, -0.25) is 4.79 Å². The molecule has 15 heavy (non-hydrogen) atoms. The Bertz CT molecular complexity index is 392. The van der Waals surface area contributed by atoms with Crippen molar-refractivity contribution in [2.45, 2.75) is 20.0 Å². The second kappa shape index (κ2) is 4.63. The molecular weight excluding hydrogens is 201 g/mol. The van der Waals surface area contributed by atoms with Gasteiger partial charge in [0.1, 0.15) is 11.6 Å². The van der Waals surface area contributed by atoms with E-state index in [9.17, 15) is 14.1 Å². The number of hydrogen-bond acceptors (Lipinski definition) is 3. The van der Waals surface area contributed by atoms with Crippen molar-refractivity contribution < 1.29 is 13.9 Å². The largest absolute Gasteiger partial charge is 0.480 e. The summed E-state index contributed by atoms with van der Waals surface area (Å²) in [4.78, 5) is 20.8. The van der Waals surface area contributed by atoms with Gasteiger partial charge in [0.2, 0.25) is 0 Å². The highest BCUT2D eigenvalue weighted by atomic mass is 19.1. The zero-order chi connectivity index (χ0) is 11.4. The summed E-state index contributed by atoms with van der Waals surface area (Å²) in [6, 6.07) is 3.90. The Morgan fingerprint density at radius 3 is 2.73 bits per heavy atom. The second-order valence-corrected chi connectivity index (χ2v) is 3.10. The van der Waals surface area contributed by atoms with Crippen molar-refractivity contribution >= 4 is 5.91 Å². The summed E-state index contributed by atoms with van der Waals surface area (Å²) in [5, 5.41) is 2.24. The fraction of sp³-hybridized carbons (Fsp3) is 0.300. The zero-order valence-corrected chi connectivity index (χ0v) is 8.36. The van der Waals surface area contributed by atoms with Crippen LogP contribution in [0.5, 0.6) is 5.75 Å². The first kappa shape index (κ1) is 11.3. The number of benzene rings is 1. The van der Waals surface area contributed by atoms with Crippen LogP contribution in [0.15, 0.2) is 23.4 Å². The highest BCUT2D eigenvalue weighted by Gasteiger charge is 2.15. The first-order valence-electron chi connectivity index (χ1n) is 4.34. The second-order valence-electron chi connectivity index (χ2n) is 3.10. The lowest BCUT2D eigenvalue weighted by Gasteiger charge is -2.12. The van der Waals surface area contributed by atoms with Crippen molar-refractivity contribution in [3.05, 3.63) is 34.5 Å². The van der Waals surface area contributed by atoms with E-state index >= 15 is 0 Å². The van der Waals surface area contributed by atoms with E-state index in [1.54, 1.807) is 6.92 Å². The molecule has 0 aromatic heterocycles. The molecule has 1 amide bonds. The summed E-state index contributed by atoms with van der Waals surface area (Å²) in [6.07, 6.45) is -0.952. The molecule has 0 saturated carbocycles. The first-order chi connectivity index (χ1) is 7.04. The monoisotopic (exact) mass is 211 g/mol. The summed E-state index contributed by atoms with van der Waals surface area (Å²) < 4.78 is 17.9. The van der Waals surface area contributed by atoms with Gasteiger partial charge < -0.3 is 4.74 Å². The number of amides is 1. The maximum Gasteiger partial charge on any atom is 0.326 e. The zero-order valence-electron chi connectivity index (χ0n) is 8.36. The molecule has 1 rings (SSSR count). The van der Waals surface area contributed by atoms with E-state index in [1.807, 2.05) is 0 Å². The molecule has 0 radical (unpaired) electrons. The van der Waals surface area contributed by atoms with Crippen LogP contribution in [0.1, 0.15) is 12.5 Å². The predicted octanol–water partition coefficient (Wildman–Crippen LogP) is 2.19. The molecule has 0 fully saturated rings. The Morgan fingerprint density at radius 2 is 2.20 bits per heavy atom. The van der Waals surface area contributed by atoms with Gasteiger partial charge in [0.25, 0.3) is 0 Å². The molecule has 5 heteroatoms. The third-order valence-electron chi connectivity index (χ3n) is 1.88. The van der Waals surface area contributed by atoms with Crippen LogP contribution in [0.25, 0.3) is 0 Å². The average molecular weight is 211 g/mol. The van der Waals surface area contributed by atoms with Crippen molar-refractivity contribution in [2.75, 3.05) is 0 Å². The van der Waals surface area contributed by atoms with Gasteiger partial charge in [-0.15, -0.1) is 4.91 Å². The lowest BCUT2D eigenvalue weighted by molar-refractivity contribution is -0.123. The fourth-order valence-electron chi connectivity index (χ4n) is 1.06. The molecule has 0 aliphatic heterocycles. The highest BCUT2D eigenvalue weighted by Crippen LogP contribution is 2.19. The van der Waals surface area contributed by atoms with E-state index in [0.29, 0.717) is 11.3 Å². The number of nitroso groups, excluding NO2 is 1. The van der Waals surface area contributed by atoms with Crippen LogP contribution in [0.3, 0.4) is 0 Å². The normalized spacial score (nSPS) is 11.9. The molecule has 0 spiro atoms. The summed E-state index contributed by atoms with van der Waals surface area (Å²) in [5.74, 6) is -0.910. The number of nitrogens with zero attached hydrogens (tertiary/aromatic N) is 1. The maximum atomic E-state index is 12.7. The van der Waals surface area contributed by atoms with E-state index < -0.39 is 12.0 Å². The first-order valence-corrected chi connectivity index (χ1v) is 4.34. The number of carbonyl (C=O) groups is 1. The smallest absolute Gasteiger partial charge is 0.326 e. The minimum absolute atomic E-state index is 0.362. The number of ether oxygens (including phenoxy) is 1. The van der Waals surface area contributed by atoms with Crippen LogP contribution >= 0.6 is 0 Å². The molecule has 0 N–H and O–H groups in total. The van der Waals surface area contributed by atoms with Crippen LogP contribution < -0.4 is 4.74 Å². The van der Waals surface area contributed by atoms with Gasteiger partial charge in [-0.25, -0.2) is 4.39 Å². The number of rotatable bonds is 3. The predicted molar refractivity (Wildman–Crippen MR) is 52.0 cm³/mol. The Labute approximate surface area is 86.0 Å². The standard InChI is InChI=1S/C10H10FNO3/c1-6-5-8(11)3-4-9(6)15-7(2)10(13)12-14/h3-5,7H,1-2H3. The van der Waals surface area contributed by atoms with E-state index in [1.165, 1.54) is 25.1 Å². The van der Waals surface area contributed by atoms with Crippen LogP contribution in [0, 0.1) is 17.6 Å². The molecule has 1 unspecified atom stereocenters. The minimum Gasteiger partial charge on any atom is -0.480 e. The topological polar surface area (TPSA) is 55.7 Å². The van der Waals surface area contributed by atoms with Gasteiger partial charge in [-0.05, 0) is 37.6 Å². The molecule has 0 aliphatic carbocycles. The molecule has 0 bridgehead atoms. The third-order valence-corrected chi connectivity index (χ3v) is 1.88. The molecule has 1 aromatic carbocycles. The van der Waals surface area contributed by atoms with Gasteiger partial charge in [-0.1, -0.05) is 0 Å². The minimum atomic E-state index is -0.952. The summed E-state index contributed by atoms with van der Waals surface area (Å²) in [5.41, 5.74) is 0.556. The SMILES string of the molecule is Cc1cc(F)ccc1OC(C)C(=O)N=O. The number of hydrogen-bond donors (Lipinski definition) is 0. The van der Waals surface area contributed by atoms with Crippen molar-refractivity contribution in [1.82, 2.24) is 0 Å². The molecule has 0 saturated heterocycles. The van der Waals surface area contributed by atoms with Crippen LogP contribution in [-0.4, -0.2) is 12.0 Å². The van der Waals surface area contributed by atoms with Gasteiger partial charge in [0.15, 0.2) is 6.10 Å². The van der Waals surface area contributed by atoms with Crippen molar-refractivity contribution in [1.29, 1.82) is 0 Å². The molecule has 0 heterocycles. The Hall–Kier alpha value is -1.78. The number of carbonyl (C=O) groups excluding carboxylic acids is 1. The fourth-order valence-corrected chi connectivity index (χ4v) is 1.06. The lowest BCUT2D eigenvalue weighted by atomic mass is 10.2. The van der Waals surface area contributed by atoms with Crippen molar-refractivity contribution in [2.24, 2.45) is 5.18 Å². The van der Waals surface area contributed by atoms with E-state index in [2.05, 4.69) is 5.18 Å². The average Bonchev–Trinajstić information content (AvgIpc) is 2.20. The van der Waals surface area contributed by atoms with Crippen molar-refractivity contribution in [3.8, 4) is 5.75 Å². The Kier molecular flexibility index (Phi) is 3.49. The molecule has 1 atom stereocenters. The molecule has 80 valence electrons. The van der Waals surface area contributed by atoms with Gasteiger partial charge in [0, 0.05) is 5.18 Å². The summed E-state index contributed by atoms with van der Waals surface area (Å²) in [7, 11) is 0. The van der Waals surface area contributed by atoms with Crippen molar-refractivity contribution in [3.63, 3.8) is 0 Å².